The molecule has 0 saturated carbocycles. The molecule has 0 radical (unpaired) electrons. The zero-order valence-electron chi connectivity index (χ0n) is 13.1. The molecule has 4 rings (SSSR count). The van der Waals surface area contributed by atoms with Crippen LogP contribution in [0.25, 0.3) is 4.96 Å². The van der Waals surface area contributed by atoms with E-state index < -0.39 is 5.82 Å². The van der Waals surface area contributed by atoms with Gasteiger partial charge in [-0.05, 0) is 13.0 Å². The van der Waals surface area contributed by atoms with Gasteiger partial charge < -0.3 is 10.1 Å². The molecule has 0 spiro atoms. The number of carbonyl (C=O) groups is 1. The van der Waals surface area contributed by atoms with Crippen molar-refractivity contribution in [3.05, 3.63) is 52.5 Å². The zero-order chi connectivity index (χ0) is 16.7. The standard InChI is InChI=1S/C17H16FN3O2S/c1-10-9-24-17-19-11(8-21(10)17)7-15(22)20-14-5-6-23-16-12(14)3-2-4-13(16)18/h2-4,8-9,14H,5-7H2,1H3,(H,20,22)/t14-/m1/s1. The summed E-state index contributed by atoms with van der Waals surface area (Å²) in [6, 6.07) is 4.55. The highest BCUT2D eigenvalue weighted by Crippen LogP contribution is 2.34. The highest BCUT2D eigenvalue weighted by Gasteiger charge is 2.25. The van der Waals surface area contributed by atoms with Gasteiger partial charge in [0.05, 0.1) is 24.8 Å². The Morgan fingerprint density at radius 1 is 1.54 bits per heavy atom. The van der Waals surface area contributed by atoms with Crippen LogP contribution in [-0.2, 0) is 11.2 Å². The number of amides is 1. The van der Waals surface area contributed by atoms with Gasteiger partial charge in [-0.15, -0.1) is 11.3 Å². The Labute approximate surface area is 142 Å². The van der Waals surface area contributed by atoms with Crippen LogP contribution < -0.4 is 10.1 Å². The van der Waals surface area contributed by atoms with Gasteiger partial charge in [-0.1, -0.05) is 12.1 Å². The topological polar surface area (TPSA) is 55.6 Å². The number of rotatable bonds is 3. The second kappa shape index (κ2) is 5.90. The maximum Gasteiger partial charge on any atom is 0.226 e. The van der Waals surface area contributed by atoms with Crippen molar-refractivity contribution in [2.45, 2.75) is 25.8 Å². The molecule has 1 aliphatic heterocycles. The molecular formula is C17H16FN3O2S. The third-order valence-electron chi connectivity index (χ3n) is 4.14. The molecule has 124 valence electrons. The van der Waals surface area contributed by atoms with Crippen molar-refractivity contribution in [1.82, 2.24) is 14.7 Å². The molecule has 0 fully saturated rings. The van der Waals surface area contributed by atoms with Crippen LogP contribution >= 0.6 is 11.3 Å². The van der Waals surface area contributed by atoms with Crippen LogP contribution in [0.15, 0.2) is 29.8 Å². The van der Waals surface area contributed by atoms with Crippen LogP contribution in [0.5, 0.6) is 5.75 Å². The van der Waals surface area contributed by atoms with Gasteiger partial charge in [-0.2, -0.15) is 0 Å². The van der Waals surface area contributed by atoms with E-state index in [-0.39, 0.29) is 24.1 Å². The summed E-state index contributed by atoms with van der Waals surface area (Å²) in [5, 5.41) is 5.00. The van der Waals surface area contributed by atoms with E-state index in [0.29, 0.717) is 18.6 Å². The maximum absolute atomic E-state index is 13.8. The number of benzene rings is 1. The Balaban J connectivity index is 1.50. The molecule has 3 aromatic rings. The third kappa shape index (κ3) is 2.65. The number of hydrogen-bond acceptors (Lipinski definition) is 4. The van der Waals surface area contributed by atoms with Crippen molar-refractivity contribution in [2.75, 3.05) is 6.61 Å². The minimum absolute atomic E-state index is 0.125. The molecule has 5 nitrogen and oxygen atoms in total. The Morgan fingerprint density at radius 2 is 2.42 bits per heavy atom. The highest BCUT2D eigenvalue weighted by atomic mass is 32.1. The zero-order valence-corrected chi connectivity index (χ0v) is 13.9. The van der Waals surface area contributed by atoms with Crippen molar-refractivity contribution in [2.24, 2.45) is 0 Å². The first-order valence-electron chi connectivity index (χ1n) is 7.74. The van der Waals surface area contributed by atoms with E-state index in [4.69, 9.17) is 4.74 Å². The molecule has 0 bridgehead atoms. The number of aryl methyl sites for hydroxylation is 1. The molecular weight excluding hydrogens is 329 g/mol. The number of fused-ring (bicyclic) bond motifs is 2. The summed E-state index contributed by atoms with van der Waals surface area (Å²) in [4.78, 5) is 17.7. The summed E-state index contributed by atoms with van der Waals surface area (Å²) in [5.74, 6) is -0.274. The molecule has 1 aromatic carbocycles. The van der Waals surface area contributed by atoms with E-state index in [1.54, 1.807) is 23.5 Å². The molecule has 0 saturated heterocycles. The van der Waals surface area contributed by atoms with Gasteiger partial charge in [0.1, 0.15) is 0 Å². The van der Waals surface area contributed by atoms with Crippen LogP contribution in [0, 0.1) is 12.7 Å². The van der Waals surface area contributed by atoms with E-state index in [1.165, 1.54) is 6.07 Å². The van der Waals surface area contributed by atoms with Gasteiger partial charge in [0.25, 0.3) is 0 Å². The summed E-state index contributed by atoms with van der Waals surface area (Å²) in [5.41, 5.74) is 2.52. The van der Waals surface area contributed by atoms with E-state index >= 15 is 0 Å². The van der Waals surface area contributed by atoms with Crippen molar-refractivity contribution in [3.63, 3.8) is 0 Å². The van der Waals surface area contributed by atoms with Crippen LogP contribution in [-0.4, -0.2) is 21.9 Å². The number of thiazole rings is 1. The van der Waals surface area contributed by atoms with E-state index in [9.17, 15) is 9.18 Å². The van der Waals surface area contributed by atoms with Crippen LogP contribution in [0.1, 0.15) is 29.4 Å². The third-order valence-corrected chi connectivity index (χ3v) is 5.10. The minimum atomic E-state index is -0.392. The smallest absolute Gasteiger partial charge is 0.226 e. The fourth-order valence-corrected chi connectivity index (χ4v) is 3.84. The summed E-state index contributed by atoms with van der Waals surface area (Å²) in [6.07, 6.45) is 2.72. The van der Waals surface area contributed by atoms with Gasteiger partial charge in [0.2, 0.25) is 5.91 Å². The normalized spacial score (nSPS) is 16.7. The number of carbonyl (C=O) groups excluding carboxylic acids is 1. The van der Waals surface area contributed by atoms with Gasteiger partial charge in [0, 0.05) is 29.3 Å². The Bertz CT molecular complexity index is 918. The minimum Gasteiger partial charge on any atom is -0.490 e. The lowest BCUT2D eigenvalue weighted by molar-refractivity contribution is -0.121. The largest absolute Gasteiger partial charge is 0.490 e. The first kappa shape index (κ1) is 15.1. The van der Waals surface area contributed by atoms with Gasteiger partial charge in [-0.25, -0.2) is 9.37 Å². The molecule has 1 aliphatic rings. The Hall–Kier alpha value is -2.41. The van der Waals surface area contributed by atoms with Gasteiger partial charge >= 0.3 is 0 Å². The monoisotopic (exact) mass is 345 g/mol. The lowest BCUT2D eigenvalue weighted by Gasteiger charge is -2.26. The molecule has 2 aromatic heterocycles. The van der Waals surface area contributed by atoms with E-state index in [0.717, 1.165) is 16.3 Å². The number of nitrogens with one attached hydrogen (secondary N) is 1. The average molecular weight is 345 g/mol. The SMILES string of the molecule is Cc1csc2nc(CC(=O)N[C@@H]3CCOc4c(F)cccc43)cn12. The van der Waals surface area contributed by atoms with E-state index in [1.807, 2.05) is 22.9 Å². The lowest BCUT2D eigenvalue weighted by Crippen LogP contribution is -2.33. The van der Waals surface area contributed by atoms with Crippen molar-refractivity contribution in [3.8, 4) is 5.75 Å². The molecule has 0 aliphatic carbocycles. The summed E-state index contributed by atoms with van der Waals surface area (Å²) in [7, 11) is 0. The van der Waals surface area contributed by atoms with Crippen molar-refractivity contribution in [1.29, 1.82) is 0 Å². The second-order valence-corrected chi connectivity index (χ2v) is 6.69. The summed E-state index contributed by atoms with van der Waals surface area (Å²) < 4.78 is 21.2. The lowest BCUT2D eigenvalue weighted by atomic mass is 10.00. The molecule has 0 unspecified atom stereocenters. The van der Waals surface area contributed by atoms with Crippen LogP contribution in [0.2, 0.25) is 0 Å². The van der Waals surface area contributed by atoms with Crippen molar-refractivity contribution >= 4 is 22.2 Å². The Morgan fingerprint density at radius 3 is 3.25 bits per heavy atom. The molecule has 24 heavy (non-hydrogen) atoms. The number of halogens is 1. The number of aromatic nitrogens is 2. The average Bonchev–Trinajstić information content (AvgIpc) is 3.10. The van der Waals surface area contributed by atoms with Crippen LogP contribution in [0.3, 0.4) is 0 Å². The first-order valence-corrected chi connectivity index (χ1v) is 8.62. The first-order chi connectivity index (χ1) is 11.6. The number of ether oxygens (including phenoxy) is 1. The number of nitrogens with zero attached hydrogens (tertiary/aromatic N) is 2. The maximum atomic E-state index is 13.8. The number of para-hydroxylation sites is 1. The quantitative estimate of drug-likeness (QED) is 0.794. The van der Waals surface area contributed by atoms with Gasteiger partial charge in [-0.3, -0.25) is 9.20 Å². The fraction of sp³-hybridized carbons (Fsp3) is 0.294. The molecule has 1 N–H and O–H groups in total. The number of imidazole rings is 1. The van der Waals surface area contributed by atoms with Crippen LogP contribution in [0.4, 0.5) is 4.39 Å². The predicted octanol–water partition coefficient (Wildman–Crippen LogP) is 3.03. The summed E-state index contributed by atoms with van der Waals surface area (Å²) in [6.45, 7) is 2.39. The fourth-order valence-electron chi connectivity index (χ4n) is 2.97. The number of hydrogen-bond donors (Lipinski definition) is 1. The second-order valence-electron chi connectivity index (χ2n) is 5.85. The van der Waals surface area contributed by atoms with E-state index in [2.05, 4.69) is 10.3 Å². The molecule has 7 heteroatoms. The highest BCUT2D eigenvalue weighted by molar-refractivity contribution is 7.15. The molecule has 1 atom stereocenters. The predicted molar refractivity (Wildman–Crippen MR) is 88.9 cm³/mol. The Kier molecular flexibility index (Phi) is 3.72. The van der Waals surface area contributed by atoms with Crippen molar-refractivity contribution < 1.29 is 13.9 Å². The molecule has 1 amide bonds. The summed E-state index contributed by atoms with van der Waals surface area (Å²) >= 11 is 1.55. The molecule has 3 heterocycles. The van der Waals surface area contributed by atoms with Gasteiger partial charge in [0.15, 0.2) is 16.5 Å².